The van der Waals surface area contributed by atoms with Gasteiger partial charge in [0.2, 0.25) is 0 Å². The molecule has 0 bridgehead atoms. The summed E-state index contributed by atoms with van der Waals surface area (Å²) < 4.78 is 0. The molecule has 2 aromatic carbocycles. The molecule has 0 unspecified atom stereocenters. The van der Waals surface area contributed by atoms with Crippen LogP contribution in [0.15, 0.2) is 48.5 Å². The maximum absolute atomic E-state index is 11.7. The lowest BCUT2D eigenvalue weighted by Crippen LogP contribution is -2.41. The molecule has 20 heavy (non-hydrogen) atoms. The minimum absolute atomic E-state index is 0.300. The Hall–Kier alpha value is -1.86. The Bertz CT molecular complexity index is 625. The van der Waals surface area contributed by atoms with Crippen LogP contribution in [0.3, 0.4) is 0 Å². The quantitative estimate of drug-likeness (QED) is 0.745. The van der Waals surface area contributed by atoms with Crippen LogP contribution in [0.25, 0.3) is 12.2 Å². The molecule has 0 spiro atoms. The maximum atomic E-state index is 11.7. The predicted octanol–water partition coefficient (Wildman–Crippen LogP) is 4.45. The first-order valence-corrected chi connectivity index (χ1v) is 7.04. The van der Waals surface area contributed by atoms with Crippen molar-refractivity contribution in [1.82, 2.24) is 0 Å². The number of hydrogen-bond donors (Lipinski definition) is 1. The zero-order valence-electron chi connectivity index (χ0n) is 12.2. The van der Waals surface area contributed by atoms with E-state index >= 15 is 0 Å². The van der Waals surface area contributed by atoms with Gasteiger partial charge in [0.05, 0.1) is 0 Å². The fourth-order valence-corrected chi connectivity index (χ4v) is 3.08. The molecule has 0 fully saturated rings. The highest BCUT2D eigenvalue weighted by molar-refractivity contribution is 5.77. The van der Waals surface area contributed by atoms with Crippen LogP contribution in [0.2, 0.25) is 0 Å². The fourth-order valence-electron chi connectivity index (χ4n) is 3.08. The summed E-state index contributed by atoms with van der Waals surface area (Å²) in [6.45, 7) is 6.27. The average molecular weight is 264 g/mol. The fraction of sp³-hybridized carbons (Fsp3) is 0.263. The van der Waals surface area contributed by atoms with Gasteiger partial charge in [-0.3, -0.25) is 0 Å². The first-order chi connectivity index (χ1) is 9.44. The molecule has 0 aliphatic heterocycles. The molecule has 0 atom stereocenters. The standard InChI is InChI=1S/C19H20O/c1-18(2,3)19(20)16-10-6-4-8-14(16)12-13-15-9-5-7-11-17(15)19/h4-13,20H,1-3H3. The highest BCUT2D eigenvalue weighted by atomic mass is 16.3. The van der Waals surface area contributed by atoms with Crippen LogP contribution in [0, 0.1) is 5.41 Å². The molecule has 3 rings (SSSR count). The first kappa shape index (κ1) is 13.1. The van der Waals surface area contributed by atoms with Crippen LogP contribution in [-0.2, 0) is 5.60 Å². The molecule has 1 heteroatoms. The molecule has 0 amide bonds. The molecule has 1 aliphatic carbocycles. The molecular weight excluding hydrogens is 244 g/mol. The van der Waals surface area contributed by atoms with Crippen molar-refractivity contribution in [3.05, 3.63) is 70.8 Å². The van der Waals surface area contributed by atoms with Crippen molar-refractivity contribution in [3.8, 4) is 0 Å². The van der Waals surface area contributed by atoms with Crippen LogP contribution in [0.5, 0.6) is 0 Å². The zero-order valence-corrected chi connectivity index (χ0v) is 12.2. The Morgan fingerprint density at radius 3 is 1.55 bits per heavy atom. The highest BCUT2D eigenvalue weighted by Gasteiger charge is 2.45. The largest absolute Gasteiger partial charge is 0.380 e. The van der Waals surface area contributed by atoms with E-state index in [1.807, 2.05) is 36.4 Å². The molecule has 1 nitrogen and oxygen atoms in total. The van der Waals surface area contributed by atoms with E-state index in [2.05, 4.69) is 45.1 Å². The number of fused-ring (bicyclic) bond motifs is 2. The van der Waals surface area contributed by atoms with Crippen molar-refractivity contribution < 1.29 is 5.11 Å². The summed E-state index contributed by atoms with van der Waals surface area (Å²) in [5, 5.41) is 11.7. The zero-order chi connectivity index (χ0) is 14.4. The average Bonchev–Trinajstić information content (AvgIpc) is 2.56. The van der Waals surface area contributed by atoms with Gasteiger partial charge in [-0.2, -0.15) is 0 Å². The molecule has 102 valence electrons. The summed E-state index contributed by atoms with van der Waals surface area (Å²) in [6, 6.07) is 16.2. The van der Waals surface area contributed by atoms with Gasteiger partial charge >= 0.3 is 0 Å². The predicted molar refractivity (Wildman–Crippen MR) is 84.3 cm³/mol. The minimum atomic E-state index is -0.996. The molecule has 2 aromatic rings. The Kier molecular flexibility index (Phi) is 2.84. The third-order valence-electron chi connectivity index (χ3n) is 4.23. The second-order valence-corrected chi connectivity index (χ2v) is 6.47. The lowest BCUT2D eigenvalue weighted by molar-refractivity contribution is -0.0260. The Morgan fingerprint density at radius 2 is 1.15 bits per heavy atom. The van der Waals surface area contributed by atoms with E-state index in [9.17, 15) is 5.11 Å². The highest BCUT2D eigenvalue weighted by Crippen LogP contribution is 2.48. The van der Waals surface area contributed by atoms with Gasteiger partial charge in [0.15, 0.2) is 0 Å². The van der Waals surface area contributed by atoms with Gasteiger partial charge in [-0.1, -0.05) is 81.5 Å². The van der Waals surface area contributed by atoms with Crippen molar-refractivity contribution in [2.75, 3.05) is 0 Å². The van der Waals surface area contributed by atoms with E-state index in [1.165, 1.54) is 0 Å². The summed E-state index contributed by atoms with van der Waals surface area (Å²) in [4.78, 5) is 0. The van der Waals surface area contributed by atoms with Crippen molar-refractivity contribution in [2.24, 2.45) is 5.41 Å². The lowest BCUT2D eigenvalue weighted by Gasteiger charge is -2.42. The number of rotatable bonds is 0. The second kappa shape index (κ2) is 4.32. The molecule has 1 aliphatic rings. The van der Waals surface area contributed by atoms with Gasteiger partial charge in [0.25, 0.3) is 0 Å². The van der Waals surface area contributed by atoms with Crippen LogP contribution in [-0.4, -0.2) is 5.11 Å². The van der Waals surface area contributed by atoms with Crippen molar-refractivity contribution in [1.29, 1.82) is 0 Å². The number of hydrogen-bond acceptors (Lipinski definition) is 1. The molecule has 0 heterocycles. The van der Waals surface area contributed by atoms with Crippen molar-refractivity contribution in [2.45, 2.75) is 26.4 Å². The smallest absolute Gasteiger partial charge is 0.121 e. The van der Waals surface area contributed by atoms with Gasteiger partial charge in [0, 0.05) is 0 Å². The summed E-state index contributed by atoms with van der Waals surface area (Å²) in [6.07, 6.45) is 4.19. The first-order valence-electron chi connectivity index (χ1n) is 7.04. The van der Waals surface area contributed by atoms with E-state index in [0.717, 1.165) is 22.3 Å². The Morgan fingerprint density at radius 1 is 0.750 bits per heavy atom. The summed E-state index contributed by atoms with van der Waals surface area (Å²) in [5.74, 6) is 0. The molecule has 0 radical (unpaired) electrons. The third kappa shape index (κ3) is 1.74. The third-order valence-corrected chi connectivity index (χ3v) is 4.23. The lowest BCUT2D eigenvalue weighted by atomic mass is 9.67. The van der Waals surface area contributed by atoms with Crippen molar-refractivity contribution >= 4 is 12.2 Å². The topological polar surface area (TPSA) is 20.2 Å². The SMILES string of the molecule is CC(C)(C)C1(O)c2ccccc2C=Cc2ccccc21. The van der Waals surface area contributed by atoms with Crippen LogP contribution in [0.4, 0.5) is 0 Å². The van der Waals surface area contributed by atoms with Crippen LogP contribution < -0.4 is 0 Å². The van der Waals surface area contributed by atoms with E-state index < -0.39 is 5.60 Å². The van der Waals surface area contributed by atoms with Gasteiger partial charge in [-0.25, -0.2) is 0 Å². The number of aliphatic hydroxyl groups is 1. The van der Waals surface area contributed by atoms with Crippen molar-refractivity contribution in [3.63, 3.8) is 0 Å². The molecular formula is C19H20O. The van der Waals surface area contributed by atoms with Crippen LogP contribution >= 0.6 is 0 Å². The Labute approximate surface area is 120 Å². The maximum Gasteiger partial charge on any atom is 0.121 e. The normalized spacial score (nSPS) is 16.2. The van der Waals surface area contributed by atoms with Gasteiger partial charge in [0.1, 0.15) is 5.60 Å². The van der Waals surface area contributed by atoms with E-state index in [4.69, 9.17) is 0 Å². The second-order valence-electron chi connectivity index (χ2n) is 6.47. The monoisotopic (exact) mass is 264 g/mol. The van der Waals surface area contributed by atoms with Gasteiger partial charge in [-0.05, 0) is 27.7 Å². The van der Waals surface area contributed by atoms with E-state index in [-0.39, 0.29) is 5.41 Å². The molecule has 0 saturated carbocycles. The molecule has 0 aromatic heterocycles. The summed E-state index contributed by atoms with van der Waals surface area (Å²) in [5.41, 5.74) is 2.83. The molecule has 0 saturated heterocycles. The summed E-state index contributed by atoms with van der Waals surface area (Å²) in [7, 11) is 0. The summed E-state index contributed by atoms with van der Waals surface area (Å²) >= 11 is 0. The van der Waals surface area contributed by atoms with E-state index in [1.54, 1.807) is 0 Å². The number of benzene rings is 2. The molecule has 1 N–H and O–H groups in total. The van der Waals surface area contributed by atoms with Gasteiger partial charge in [-0.15, -0.1) is 0 Å². The minimum Gasteiger partial charge on any atom is -0.380 e. The Balaban J connectivity index is 2.41. The van der Waals surface area contributed by atoms with E-state index in [0.29, 0.717) is 0 Å². The van der Waals surface area contributed by atoms with Crippen LogP contribution in [0.1, 0.15) is 43.0 Å². The van der Waals surface area contributed by atoms with Gasteiger partial charge < -0.3 is 5.11 Å².